The number of amides is 1. The normalized spacial score (nSPS) is 21.4. The number of thiophene rings is 1. The van der Waals surface area contributed by atoms with E-state index in [2.05, 4.69) is 22.8 Å². The average molecular weight is 305 g/mol. The minimum absolute atomic E-state index is 0.0564. The number of carbonyl (C=O) groups is 1. The highest BCUT2D eigenvalue weighted by molar-refractivity contribution is 7.10. The maximum atomic E-state index is 13.1. The van der Waals surface area contributed by atoms with E-state index >= 15 is 0 Å². The largest absolute Gasteiger partial charge is 0.321 e. The Morgan fingerprint density at radius 2 is 2.29 bits per heavy atom. The van der Waals surface area contributed by atoms with E-state index in [1.54, 1.807) is 23.5 Å². The molecule has 110 valence electrons. The summed E-state index contributed by atoms with van der Waals surface area (Å²) in [7, 11) is 0. The molecular weight excluding hydrogens is 287 g/mol. The summed E-state index contributed by atoms with van der Waals surface area (Å²) in [6.07, 6.45) is 2.27. The van der Waals surface area contributed by atoms with E-state index in [0.717, 1.165) is 19.4 Å². The molecule has 2 heterocycles. The maximum absolute atomic E-state index is 13.1. The minimum Gasteiger partial charge on any atom is -0.321 e. The first-order chi connectivity index (χ1) is 10.2. The van der Waals surface area contributed by atoms with Crippen LogP contribution in [0.4, 0.5) is 10.1 Å². The minimum atomic E-state index is -0.335. The van der Waals surface area contributed by atoms with Gasteiger partial charge in [-0.1, -0.05) is 12.1 Å². The van der Waals surface area contributed by atoms with Crippen molar-refractivity contribution in [1.82, 2.24) is 0 Å². The molecule has 1 aliphatic rings. The van der Waals surface area contributed by atoms with Gasteiger partial charge in [0.05, 0.1) is 11.4 Å². The summed E-state index contributed by atoms with van der Waals surface area (Å²) in [5.41, 5.74) is 0.520. The van der Waals surface area contributed by atoms with E-state index in [9.17, 15) is 9.18 Å². The SMILES string of the molecule is O=C(C[NH+]1CCC[C@H]1c1cccs1)Nc1cccc(F)c1. The number of nitrogens with one attached hydrogen (secondary N) is 2. The highest BCUT2D eigenvalue weighted by atomic mass is 32.1. The van der Waals surface area contributed by atoms with Crippen LogP contribution in [0.1, 0.15) is 23.8 Å². The van der Waals surface area contributed by atoms with Crippen LogP contribution < -0.4 is 10.2 Å². The van der Waals surface area contributed by atoms with Crippen LogP contribution in [0, 0.1) is 5.82 Å². The van der Waals surface area contributed by atoms with Crippen LogP contribution in [0.25, 0.3) is 0 Å². The van der Waals surface area contributed by atoms with Crippen molar-refractivity contribution in [1.29, 1.82) is 0 Å². The molecule has 3 rings (SSSR count). The van der Waals surface area contributed by atoms with Gasteiger partial charge in [0.15, 0.2) is 6.54 Å². The van der Waals surface area contributed by atoms with Crippen molar-refractivity contribution >= 4 is 22.9 Å². The molecule has 0 bridgehead atoms. The lowest BCUT2D eigenvalue weighted by Crippen LogP contribution is -3.11. The number of likely N-dealkylation sites (tertiary alicyclic amines) is 1. The predicted octanol–water partition coefficient (Wildman–Crippen LogP) is 2.25. The van der Waals surface area contributed by atoms with Gasteiger partial charge in [0, 0.05) is 18.5 Å². The first kappa shape index (κ1) is 14.2. The van der Waals surface area contributed by atoms with Crippen molar-refractivity contribution in [2.24, 2.45) is 0 Å². The number of benzene rings is 1. The quantitative estimate of drug-likeness (QED) is 0.892. The second-order valence-corrected chi connectivity index (χ2v) is 6.33. The Hall–Kier alpha value is -1.72. The van der Waals surface area contributed by atoms with Gasteiger partial charge in [-0.2, -0.15) is 0 Å². The van der Waals surface area contributed by atoms with E-state index in [-0.39, 0.29) is 11.7 Å². The second-order valence-electron chi connectivity index (χ2n) is 5.35. The molecule has 1 aliphatic heterocycles. The Morgan fingerprint density at radius 3 is 3.05 bits per heavy atom. The van der Waals surface area contributed by atoms with Crippen molar-refractivity contribution < 1.29 is 14.1 Å². The van der Waals surface area contributed by atoms with Gasteiger partial charge in [-0.05, 0) is 29.6 Å². The summed E-state index contributed by atoms with van der Waals surface area (Å²) in [6.45, 7) is 1.44. The molecule has 2 aromatic rings. The third-order valence-corrected chi connectivity index (χ3v) is 4.85. The number of quaternary nitrogens is 1. The third-order valence-electron chi connectivity index (χ3n) is 3.87. The molecular formula is C16H18FN2OS+. The highest BCUT2D eigenvalue weighted by Gasteiger charge is 2.32. The number of anilines is 1. The summed E-state index contributed by atoms with van der Waals surface area (Å²) < 4.78 is 13.1. The molecule has 1 amide bonds. The summed E-state index contributed by atoms with van der Waals surface area (Å²) in [5, 5.41) is 4.86. The van der Waals surface area contributed by atoms with Crippen LogP contribution in [-0.2, 0) is 4.79 Å². The molecule has 21 heavy (non-hydrogen) atoms. The van der Waals surface area contributed by atoms with Crippen molar-refractivity contribution in [3.63, 3.8) is 0 Å². The van der Waals surface area contributed by atoms with Crippen molar-refractivity contribution in [2.75, 3.05) is 18.4 Å². The molecule has 1 fully saturated rings. The van der Waals surface area contributed by atoms with Gasteiger partial charge in [0.1, 0.15) is 11.9 Å². The van der Waals surface area contributed by atoms with Gasteiger partial charge in [-0.25, -0.2) is 4.39 Å². The summed E-state index contributed by atoms with van der Waals surface area (Å²) >= 11 is 1.75. The molecule has 0 spiro atoms. The lowest BCUT2D eigenvalue weighted by molar-refractivity contribution is -0.910. The Balaban J connectivity index is 1.62. The van der Waals surface area contributed by atoms with E-state index < -0.39 is 0 Å². The van der Waals surface area contributed by atoms with Crippen LogP contribution in [0.5, 0.6) is 0 Å². The Kier molecular flexibility index (Phi) is 4.31. The van der Waals surface area contributed by atoms with Gasteiger partial charge in [0.2, 0.25) is 0 Å². The fraction of sp³-hybridized carbons (Fsp3) is 0.312. The molecule has 2 atom stereocenters. The van der Waals surface area contributed by atoms with Gasteiger partial charge >= 0.3 is 0 Å². The number of carbonyl (C=O) groups excluding carboxylic acids is 1. The van der Waals surface area contributed by atoms with E-state index in [0.29, 0.717) is 18.3 Å². The first-order valence-corrected chi connectivity index (χ1v) is 8.04. The molecule has 0 radical (unpaired) electrons. The lowest BCUT2D eigenvalue weighted by Gasteiger charge is -2.20. The molecule has 1 saturated heterocycles. The first-order valence-electron chi connectivity index (χ1n) is 7.16. The van der Waals surface area contributed by atoms with Crippen LogP contribution in [0.2, 0.25) is 0 Å². The molecule has 5 heteroatoms. The van der Waals surface area contributed by atoms with Crippen LogP contribution in [0.3, 0.4) is 0 Å². The van der Waals surface area contributed by atoms with Crippen molar-refractivity contribution in [3.05, 3.63) is 52.5 Å². The fourth-order valence-corrected chi connectivity index (χ4v) is 3.85. The summed E-state index contributed by atoms with van der Waals surface area (Å²) in [5.74, 6) is -0.392. The zero-order valence-electron chi connectivity index (χ0n) is 11.6. The Labute approximate surface area is 127 Å². The van der Waals surface area contributed by atoms with Crippen LogP contribution >= 0.6 is 11.3 Å². The van der Waals surface area contributed by atoms with Gasteiger partial charge in [-0.3, -0.25) is 4.79 Å². The zero-order chi connectivity index (χ0) is 14.7. The number of hydrogen-bond acceptors (Lipinski definition) is 2. The number of halogens is 1. The fourth-order valence-electron chi connectivity index (χ4n) is 2.93. The van der Waals surface area contributed by atoms with E-state index in [1.165, 1.54) is 21.9 Å². The van der Waals surface area contributed by atoms with Crippen LogP contribution in [0.15, 0.2) is 41.8 Å². The third kappa shape index (κ3) is 3.49. The number of hydrogen-bond donors (Lipinski definition) is 2. The summed E-state index contributed by atoms with van der Waals surface area (Å²) in [4.78, 5) is 14.8. The van der Waals surface area contributed by atoms with Crippen molar-refractivity contribution in [3.8, 4) is 0 Å². The molecule has 1 aromatic heterocycles. The molecule has 1 unspecified atom stereocenters. The van der Waals surface area contributed by atoms with Gasteiger partial charge in [0.25, 0.3) is 5.91 Å². The highest BCUT2D eigenvalue weighted by Crippen LogP contribution is 2.23. The van der Waals surface area contributed by atoms with Gasteiger partial charge < -0.3 is 10.2 Å². The second kappa shape index (κ2) is 6.37. The average Bonchev–Trinajstić information content (AvgIpc) is 3.08. The maximum Gasteiger partial charge on any atom is 0.279 e. The Morgan fingerprint density at radius 1 is 1.38 bits per heavy atom. The monoisotopic (exact) mass is 305 g/mol. The van der Waals surface area contributed by atoms with E-state index in [4.69, 9.17) is 0 Å². The number of rotatable bonds is 4. The standard InChI is InChI=1S/C16H17FN2OS/c17-12-4-1-5-13(10-12)18-16(20)11-19-8-2-6-14(19)15-7-3-9-21-15/h1,3-5,7,9-10,14H,2,6,8,11H2,(H,18,20)/p+1/t14-/m0/s1. The molecule has 0 aliphatic carbocycles. The summed E-state index contributed by atoms with van der Waals surface area (Å²) in [6, 6.07) is 10.6. The molecule has 3 nitrogen and oxygen atoms in total. The lowest BCUT2D eigenvalue weighted by atomic mass is 10.2. The molecule has 2 N–H and O–H groups in total. The topological polar surface area (TPSA) is 33.5 Å². The zero-order valence-corrected chi connectivity index (χ0v) is 12.5. The molecule has 0 saturated carbocycles. The van der Waals surface area contributed by atoms with E-state index in [1.807, 2.05) is 0 Å². The van der Waals surface area contributed by atoms with Gasteiger partial charge in [-0.15, -0.1) is 11.3 Å². The molecule has 1 aromatic carbocycles. The Bertz CT molecular complexity index is 614. The van der Waals surface area contributed by atoms with Crippen molar-refractivity contribution in [2.45, 2.75) is 18.9 Å². The predicted molar refractivity (Wildman–Crippen MR) is 82.0 cm³/mol. The van der Waals surface area contributed by atoms with Crippen LogP contribution in [-0.4, -0.2) is 19.0 Å². The smallest absolute Gasteiger partial charge is 0.279 e.